The molecule has 0 aromatic heterocycles. The number of carbonyl (C=O) groups is 1. The lowest BCUT2D eigenvalue weighted by Gasteiger charge is -2.07. The summed E-state index contributed by atoms with van der Waals surface area (Å²) < 4.78 is 1.83. The Morgan fingerprint density at radius 3 is 2.04 bits per heavy atom. The van der Waals surface area contributed by atoms with Crippen LogP contribution in [0, 0.1) is 0 Å². The first-order valence-corrected chi connectivity index (χ1v) is 10.9. The molecule has 3 nitrogen and oxygen atoms in total. The van der Waals surface area contributed by atoms with Crippen LogP contribution in [0.3, 0.4) is 0 Å². The molecule has 3 aromatic rings. The molecule has 1 N–H and O–H groups in total. The Labute approximate surface area is 181 Å². The van der Waals surface area contributed by atoms with Crippen LogP contribution in [-0.4, -0.2) is 12.1 Å². The molecule has 0 aliphatic rings. The maximum Gasteiger partial charge on any atom is 0.265 e. The van der Waals surface area contributed by atoms with Gasteiger partial charge < -0.3 is 0 Å². The number of thioether (sulfide) groups is 2. The van der Waals surface area contributed by atoms with Crippen molar-refractivity contribution in [1.82, 2.24) is 5.43 Å². The van der Waals surface area contributed by atoms with Crippen LogP contribution in [0.2, 0.25) is 0 Å². The van der Waals surface area contributed by atoms with E-state index in [9.17, 15) is 4.79 Å². The predicted octanol–water partition coefficient (Wildman–Crippen LogP) is 6.33. The van der Waals surface area contributed by atoms with Crippen molar-refractivity contribution >= 4 is 51.6 Å². The number of benzene rings is 3. The average molecular weight is 469 g/mol. The summed E-state index contributed by atoms with van der Waals surface area (Å²) in [5, 5.41) is 4.04. The first kappa shape index (κ1) is 20.5. The lowest BCUT2D eigenvalue weighted by Crippen LogP contribution is -2.14. The molecule has 3 rings (SSSR count). The predicted molar refractivity (Wildman–Crippen MR) is 123 cm³/mol. The molecule has 0 fully saturated rings. The number of halogens is 1. The highest BCUT2D eigenvalue weighted by atomic mass is 79.9. The van der Waals surface area contributed by atoms with Gasteiger partial charge in [0, 0.05) is 20.3 Å². The summed E-state index contributed by atoms with van der Waals surface area (Å²) in [6, 6.07) is 27.6. The summed E-state index contributed by atoms with van der Waals surface area (Å²) in [5.41, 5.74) is 3.46. The second-order valence-corrected chi connectivity index (χ2v) is 8.99. The van der Waals surface area contributed by atoms with E-state index in [1.54, 1.807) is 35.8 Å². The maximum atomic E-state index is 12.4. The number of carbonyl (C=O) groups excluding carboxylic acids is 1. The Kier molecular flexibility index (Phi) is 7.96. The highest BCUT2D eigenvalue weighted by molar-refractivity contribution is 9.10. The molecule has 3 aromatic carbocycles. The Balaban J connectivity index is 1.70. The number of hydrazone groups is 1. The van der Waals surface area contributed by atoms with Crippen LogP contribution in [0.1, 0.15) is 5.56 Å². The number of nitrogens with one attached hydrogen (secondary N) is 1. The van der Waals surface area contributed by atoms with Crippen molar-refractivity contribution in [3.05, 3.63) is 105 Å². The second kappa shape index (κ2) is 10.9. The van der Waals surface area contributed by atoms with Gasteiger partial charge in [-0.25, -0.2) is 5.43 Å². The number of hydrogen-bond acceptors (Lipinski definition) is 4. The zero-order valence-electron chi connectivity index (χ0n) is 14.8. The lowest BCUT2D eigenvalue weighted by molar-refractivity contribution is -0.116. The molecular weight excluding hydrogens is 452 g/mol. The third-order valence-electron chi connectivity index (χ3n) is 3.41. The van der Waals surface area contributed by atoms with E-state index in [1.807, 2.05) is 84.9 Å². The summed E-state index contributed by atoms with van der Waals surface area (Å²) in [6.45, 7) is 0. The smallest absolute Gasteiger partial charge is 0.265 e. The molecule has 0 saturated heterocycles. The van der Waals surface area contributed by atoms with E-state index in [0.717, 1.165) is 24.1 Å². The van der Waals surface area contributed by atoms with E-state index in [2.05, 4.69) is 26.5 Å². The fourth-order valence-electron chi connectivity index (χ4n) is 2.19. The van der Waals surface area contributed by atoms with E-state index in [4.69, 9.17) is 0 Å². The molecule has 0 spiro atoms. The maximum absolute atomic E-state index is 12.4. The average Bonchev–Trinajstić information content (AvgIpc) is 2.69. The number of amides is 1. The number of hydrogen-bond donors (Lipinski definition) is 1. The SMILES string of the molecule is O=C(C=C(Sc1ccccc1)Sc1ccccc1)N/N=C/c1cccc(Br)c1. The fourth-order valence-corrected chi connectivity index (χ4v) is 4.73. The minimum absolute atomic E-state index is 0.270. The molecular formula is C22H17BrN2OS2. The quantitative estimate of drug-likeness (QED) is 0.190. The van der Waals surface area contributed by atoms with E-state index in [-0.39, 0.29) is 5.91 Å². The Morgan fingerprint density at radius 2 is 1.46 bits per heavy atom. The first-order chi connectivity index (χ1) is 13.7. The van der Waals surface area contributed by atoms with Gasteiger partial charge in [-0.15, -0.1) is 0 Å². The van der Waals surface area contributed by atoms with Gasteiger partial charge in [0.15, 0.2) is 0 Å². The molecule has 0 aliphatic carbocycles. The van der Waals surface area contributed by atoms with E-state index in [1.165, 1.54) is 0 Å². The zero-order chi connectivity index (χ0) is 19.6. The van der Waals surface area contributed by atoms with Gasteiger partial charge in [0.1, 0.15) is 0 Å². The Morgan fingerprint density at radius 1 is 0.857 bits per heavy atom. The molecule has 0 aliphatic heterocycles. The molecule has 1 amide bonds. The van der Waals surface area contributed by atoms with Crippen LogP contribution in [0.15, 0.2) is 115 Å². The third-order valence-corrected chi connectivity index (χ3v) is 6.06. The summed E-state index contributed by atoms with van der Waals surface area (Å²) in [4.78, 5) is 14.5. The van der Waals surface area contributed by atoms with E-state index < -0.39 is 0 Å². The van der Waals surface area contributed by atoms with Gasteiger partial charge in [-0.1, -0.05) is 88.0 Å². The molecule has 0 saturated carbocycles. The number of nitrogens with zero attached hydrogens (tertiary/aromatic N) is 1. The van der Waals surface area contributed by atoms with E-state index in [0.29, 0.717) is 0 Å². The lowest BCUT2D eigenvalue weighted by atomic mass is 10.2. The third kappa shape index (κ3) is 7.03. The first-order valence-electron chi connectivity index (χ1n) is 8.45. The summed E-state index contributed by atoms with van der Waals surface area (Å²) in [5.74, 6) is -0.270. The molecule has 0 atom stereocenters. The monoisotopic (exact) mass is 468 g/mol. The molecule has 28 heavy (non-hydrogen) atoms. The molecule has 6 heteroatoms. The fraction of sp³-hybridized carbons (Fsp3) is 0. The van der Waals surface area contributed by atoms with Crippen molar-refractivity contribution in [2.45, 2.75) is 9.79 Å². The molecule has 0 heterocycles. The van der Waals surface area contributed by atoms with Gasteiger partial charge in [-0.05, 0) is 42.0 Å². The Bertz CT molecular complexity index is 933. The normalized spacial score (nSPS) is 10.6. The van der Waals surface area contributed by atoms with Crippen molar-refractivity contribution in [3.63, 3.8) is 0 Å². The van der Waals surface area contributed by atoms with Crippen LogP contribution in [0.5, 0.6) is 0 Å². The minimum atomic E-state index is -0.270. The highest BCUT2D eigenvalue weighted by Gasteiger charge is 2.07. The summed E-state index contributed by atoms with van der Waals surface area (Å²) >= 11 is 6.51. The number of rotatable bonds is 7. The van der Waals surface area contributed by atoms with Crippen molar-refractivity contribution in [3.8, 4) is 0 Å². The van der Waals surface area contributed by atoms with Gasteiger partial charge >= 0.3 is 0 Å². The topological polar surface area (TPSA) is 41.5 Å². The van der Waals surface area contributed by atoms with Crippen LogP contribution >= 0.6 is 39.5 Å². The van der Waals surface area contributed by atoms with Crippen LogP contribution in [0.4, 0.5) is 0 Å². The van der Waals surface area contributed by atoms with Crippen LogP contribution < -0.4 is 5.43 Å². The molecule has 0 bridgehead atoms. The van der Waals surface area contributed by atoms with Crippen molar-refractivity contribution in [1.29, 1.82) is 0 Å². The molecule has 0 unspecified atom stereocenters. The summed E-state index contributed by atoms with van der Waals surface area (Å²) in [7, 11) is 0. The highest BCUT2D eigenvalue weighted by Crippen LogP contribution is 2.38. The van der Waals surface area contributed by atoms with Crippen molar-refractivity contribution < 1.29 is 4.79 Å². The van der Waals surface area contributed by atoms with Gasteiger partial charge in [0.05, 0.1) is 10.5 Å². The molecule has 0 radical (unpaired) electrons. The Hall–Kier alpha value is -2.28. The van der Waals surface area contributed by atoms with Crippen molar-refractivity contribution in [2.75, 3.05) is 0 Å². The van der Waals surface area contributed by atoms with Gasteiger partial charge in [0.25, 0.3) is 5.91 Å². The molecule has 140 valence electrons. The van der Waals surface area contributed by atoms with Crippen LogP contribution in [0.25, 0.3) is 0 Å². The van der Waals surface area contributed by atoms with Crippen LogP contribution in [-0.2, 0) is 4.79 Å². The summed E-state index contributed by atoms with van der Waals surface area (Å²) in [6.07, 6.45) is 3.19. The zero-order valence-corrected chi connectivity index (χ0v) is 18.0. The van der Waals surface area contributed by atoms with Crippen molar-refractivity contribution in [2.24, 2.45) is 5.10 Å². The minimum Gasteiger partial charge on any atom is -0.268 e. The van der Waals surface area contributed by atoms with Gasteiger partial charge in [0.2, 0.25) is 0 Å². The second-order valence-electron chi connectivity index (χ2n) is 5.58. The van der Waals surface area contributed by atoms with Gasteiger partial charge in [-0.3, -0.25) is 4.79 Å². The largest absolute Gasteiger partial charge is 0.268 e. The van der Waals surface area contributed by atoms with E-state index >= 15 is 0 Å². The standard InChI is InChI=1S/C22H17BrN2OS2/c23-18-9-7-8-17(14-18)16-24-25-21(26)15-22(27-19-10-3-1-4-11-19)28-20-12-5-2-6-13-20/h1-16H,(H,25,26)/b24-16+. The van der Waals surface area contributed by atoms with Gasteiger partial charge in [-0.2, -0.15) is 5.10 Å².